The molecule has 178 valence electrons. The van der Waals surface area contributed by atoms with Gasteiger partial charge in [-0.1, -0.05) is 6.07 Å². The third-order valence-electron chi connectivity index (χ3n) is 5.96. The highest BCUT2D eigenvalue weighted by Gasteiger charge is 2.29. The minimum atomic E-state index is -1.03. The second-order valence-corrected chi connectivity index (χ2v) is 8.22. The Morgan fingerprint density at radius 3 is 2.76 bits per heavy atom. The molecule has 33 heavy (non-hydrogen) atoms. The number of nitrogens with zero attached hydrogens (tertiary/aromatic N) is 4. The molecule has 0 aliphatic carbocycles. The maximum Gasteiger partial charge on any atom is 0.410 e. The quantitative estimate of drug-likeness (QED) is 0.671. The molecule has 2 aliphatic heterocycles. The van der Waals surface area contributed by atoms with Crippen molar-refractivity contribution in [1.29, 1.82) is 0 Å². The van der Waals surface area contributed by atoms with Crippen LogP contribution in [-0.2, 0) is 11.2 Å². The Morgan fingerprint density at radius 1 is 1.21 bits per heavy atom. The van der Waals surface area contributed by atoms with Gasteiger partial charge in [-0.05, 0) is 43.9 Å². The van der Waals surface area contributed by atoms with Crippen molar-refractivity contribution < 1.29 is 28.5 Å². The van der Waals surface area contributed by atoms with Crippen LogP contribution in [0, 0.1) is 12.7 Å². The molecule has 1 amide bonds. The summed E-state index contributed by atoms with van der Waals surface area (Å²) in [5.74, 6) is -0.0275. The van der Waals surface area contributed by atoms with E-state index in [0.717, 1.165) is 57.7 Å². The summed E-state index contributed by atoms with van der Waals surface area (Å²) in [7, 11) is 0. The Morgan fingerprint density at radius 2 is 2.00 bits per heavy atom. The molecule has 4 rings (SSSR count). The number of aromatic nitrogens is 2. The Bertz CT molecular complexity index is 970. The zero-order valence-corrected chi connectivity index (χ0v) is 18.7. The summed E-state index contributed by atoms with van der Waals surface area (Å²) in [6.45, 7) is 6.23. The van der Waals surface area contributed by atoms with Crippen LogP contribution in [0.2, 0.25) is 0 Å². The number of ether oxygens (including phenoxy) is 3. The first-order valence-corrected chi connectivity index (χ1v) is 11.3. The predicted octanol–water partition coefficient (Wildman–Crippen LogP) is 3.46. The van der Waals surface area contributed by atoms with Gasteiger partial charge in [0, 0.05) is 32.6 Å². The molecule has 2 fully saturated rings. The van der Waals surface area contributed by atoms with E-state index in [1.54, 1.807) is 13.0 Å². The minimum absolute atomic E-state index is 0.0581. The lowest BCUT2D eigenvalue weighted by Gasteiger charge is -2.33. The number of hydrogen-bond donors (Lipinski definition) is 1. The molecule has 0 spiro atoms. The maximum atomic E-state index is 14.7. The van der Waals surface area contributed by atoms with Crippen LogP contribution in [0.3, 0.4) is 0 Å². The van der Waals surface area contributed by atoms with Gasteiger partial charge in [-0.15, -0.1) is 0 Å². The molecule has 2 aromatic rings. The van der Waals surface area contributed by atoms with E-state index in [1.165, 1.54) is 17.3 Å². The average Bonchev–Trinajstić information content (AvgIpc) is 2.82. The average molecular weight is 461 g/mol. The largest absolute Gasteiger partial charge is 0.465 e. The van der Waals surface area contributed by atoms with Gasteiger partial charge in [-0.25, -0.2) is 19.2 Å². The summed E-state index contributed by atoms with van der Waals surface area (Å²) in [6.07, 6.45) is 2.59. The van der Waals surface area contributed by atoms with Crippen molar-refractivity contribution in [3.63, 3.8) is 0 Å². The summed E-state index contributed by atoms with van der Waals surface area (Å²) in [5.41, 5.74) is 1.37. The first-order chi connectivity index (χ1) is 16.0. The second-order valence-electron chi connectivity index (χ2n) is 8.22. The Labute approximate surface area is 192 Å². The van der Waals surface area contributed by atoms with Crippen LogP contribution < -0.4 is 9.47 Å². The predicted molar refractivity (Wildman–Crippen MR) is 117 cm³/mol. The number of halogens is 1. The monoisotopic (exact) mass is 460 g/mol. The van der Waals surface area contributed by atoms with Crippen molar-refractivity contribution in [1.82, 2.24) is 19.8 Å². The van der Waals surface area contributed by atoms with Crippen molar-refractivity contribution in [2.24, 2.45) is 0 Å². The highest BCUT2D eigenvalue weighted by molar-refractivity contribution is 5.65. The van der Waals surface area contributed by atoms with E-state index in [-0.39, 0.29) is 17.5 Å². The third-order valence-corrected chi connectivity index (χ3v) is 5.96. The number of likely N-dealkylation sites (tertiary alicyclic amines) is 1. The topological polar surface area (TPSA) is 97.3 Å². The van der Waals surface area contributed by atoms with Gasteiger partial charge in [0.15, 0.2) is 17.8 Å². The first-order valence-electron chi connectivity index (χ1n) is 11.3. The zero-order chi connectivity index (χ0) is 23.2. The molecule has 1 aromatic carbocycles. The fourth-order valence-corrected chi connectivity index (χ4v) is 4.01. The third kappa shape index (κ3) is 5.88. The van der Waals surface area contributed by atoms with Crippen molar-refractivity contribution >= 4 is 6.09 Å². The molecule has 2 aliphatic rings. The van der Waals surface area contributed by atoms with Crippen molar-refractivity contribution in [3.05, 3.63) is 41.5 Å². The van der Waals surface area contributed by atoms with Gasteiger partial charge in [0.25, 0.3) is 0 Å². The van der Waals surface area contributed by atoms with E-state index in [4.69, 9.17) is 14.2 Å². The molecule has 1 N–H and O–H groups in total. The molecule has 0 saturated carbocycles. The second kappa shape index (κ2) is 10.8. The number of morpholine rings is 1. The molecule has 2 saturated heterocycles. The summed E-state index contributed by atoms with van der Waals surface area (Å²) in [5, 5.41) is 9.41. The van der Waals surface area contributed by atoms with Crippen LogP contribution in [0.5, 0.6) is 17.5 Å². The lowest BCUT2D eigenvalue weighted by molar-refractivity contribution is 0.00273. The number of rotatable bonds is 7. The Kier molecular flexibility index (Phi) is 7.56. The minimum Gasteiger partial charge on any atom is -0.465 e. The van der Waals surface area contributed by atoms with Gasteiger partial charge >= 0.3 is 6.09 Å². The van der Waals surface area contributed by atoms with Crippen LogP contribution in [-0.4, -0.2) is 76.6 Å². The summed E-state index contributed by atoms with van der Waals surface area (Å²) >= 11 is 0. The normalized spacial score (nSPS) is 19.3. The van der Waals surface area contributed by atoms with Crippen molar-refractivity contribution in [2.75, 3.05) is 39.4 Å². The maximum absolute atomic E-state index is 14.7. The van der Waals surface area contributed by atoms with E-state index in [2.05, 4.69) is 14.9 Å². The highest BCUT2D eigenvalue weighted by Crippen LogP contribution is 2.31. The van der Waals surface area contributed by atoms with Gasteiger partial charge < -0.3 is 19.3 Å². The first kappa shape index (κ1) is 23.2. The molecule has 9 nitrogen and oxygen atoms in total. The van der Waals surface area contributed by atoms with Gasteiger partial charge in [-0.3, -0.25) is 9.80 Å². The van der Waals surface area contributed by atoms with E-state index in [0.29, 0.717) is 18.5 Å². The van der Waals surface area contributed by atoms with E-state index < -0.39 is 18.1 Å². The van der Waals surface area contributed by atoms with Crippen LogP contribution >= 0.6 is 0 Å². The number of piperidine rings is 1. The lowest BCUT2D eigenvalue weighted by atomic mass is 10.1. The molecule has 0 radical (unpaired) electrons. The molecule has 1 aromatic heterocycles. The van der Waals surface area contributed by atoms with Crippen LogP contribution in [0.25, 0.3) is 0 Å². The SMILES string of the molecule is Cc1c(Oc2ccc(CCN3CCOCC3)cc2F)ncnc1OC1CCCCN1C(=O)O. The fraction of sp³-hybridized carbons (Fsp3) is 0.522. The Balaban J connectivity index is 1.41. The molecule has 1 unspecified atom stereocenters. The van der Waals surface area contributed by atoms with E-state index >= 15 is 0 Å². The lowest BCUT2D eigenvalue weighted by Crippen LogP contribution is -2.46. The smallest absolute Gasteiger partial charge is 0.410 e. The molecule has 0 bridgehead atoms. The molecule has 3 heterocycles. The summed E-state index contributed by atoms with van der Waals surface area (Å²) in [6, 6.07) is 4.93. The van der Waals surface area contributed by atoms with Gasteiger partial charge in [0.2, 0.25) is 11.8 Å². The molecule has 10 heteroatoms. The molecular formula is C23H29FN4O5. The Hall–Kier alpha value is -2.98. The van der Waals surface area contributed by atoms with Crippen LogP contribution in [0.4, 0.5) is 9.18 Å². The number of benzene rings is 1. The zero-order valence-electron chi connectivity index (χ0n) is 18.7. The number of carbonyl (C=O) groups is 1. The van der Waals surface area contributed by atoms with Gasteiger partial charge in [0.1, 0.15) is 6.33 Å². The van der Waals surface area contributed by atoms with Crippen LogP contribution in [0.15, 0.2) is 24.5 Å². The number of amides is 1. The number of carboxylic acid groups (broad SMARTS) is 1. The summed E-state index contributed by atoms with van der Waals surface area (Å²) in [4.78, 5) is 23.3. The highest BCUT2D eigenvalue weighted by atomic mass is 19.1. The summed E-state index contributed by atoms with van der Waals surface area (Å²) < 4.78 is 31.7. The standard InChI is InChI=1S/C23H29FN4O5/c1-16-21(25-15-26-22(16)33-20-4-2-3-8-28(20)23(29)30)32-19-6-5-17(14-18(19)24)7-9-27-10-12-31-13-11-27/h5-6,14-15,20H,2-4,7-13H2,1H3,(H,29,30). The van der Waals surface area contributed by atoms with Crippen molar-refractivity contribution in [3.8, 4) is 17.5 Å². The van der Waals surface area contributed by atoms with Gasteiger partial charge in [-0.2, -0.15) is 0 Å². The molecule has 1 atom stereocenters. The fourth-order valence-electron chi connectivity index (χ4n) is 4.01. The molecular weight excluding hydrogens is 431 g/mol. The van der Waals surface area contributed by atoms with Crippen molar-refractivity contribution in [2.45, 2.75) is 38.8 Å². The van der Waals surface area contributed by atoms with E-state index in [1.807, 2.05) is 6.07 Å². The number of hydrogen-bond acceptors (Lipinski definition) is 7. The van der Waals surface area contributed by atoms with Crippen LogP contribution in [0.1, 0.15) is 30.4 Å². The van der Waals surface area contributed by atoms with Gasteiger partial charge in [0.05, 0.1) is 18.8 Å². The van der Waals surface area contributed by atoms with E-state index in [9.17, 15) is 14.3 Å².